The molecule has 0 saturated carbocycles. The van der Waals surface area contributed by atoms with Crippen molar-refractivity contribution in [2.24, 2.45) is 0 Å². The van der Waals surface area contributed by atoms with E-state index in [0.29, 0.717) is 18.3 Å². The van der Waals surface area contributed by atoms with Crippen LogP contribution in [-0.2, 0) is 4.79 Å². The second kappa shape index (κ2) is 6.18. The lowest BCUT2D eigenvalue weighted by molar-refractivity contribution is -0.120. The van der Waals surface area contributed by atoms with E-state index in [-0.39, 0.29) is 18.0 Å². The average molecular weight is 252 g/mol. The van der Waals surface area contributed by atoms with Crippen molar-refractivity contribution in [1.29, 1.82) is 0 Å². The van der Waals surface area contributed by atoms with Crippen LogP contribution in [0.3, 0.4) is 0 Å². The summed E-state index contributed by atoms with van der Waals surface area (Å²) in [6, 6.07) is 1.66. The second-order valence-electron chi connectivity index (χ2n) is 4.83. The van der Waals surface area contributed by atoms with Gasteiger partial charge in [0.2, 0.25) is 11.8 Å². The fourth-order valence-corrected chi connectivity index (χ4v) is 1.30. The molecule has 1 aromatic heterocycles. The lowest BCUT2D eigenvalue weighted by atomic mass is 10.1. The largest absolute Gasteiger partial charge is 0.478 e. The Labute approximate surface area is 107 Å². The molecule has 6 heteroatoms. The number of ether oxygens (including phenoxy) is 1. The van der Waals surface area contributed by atoms with E-state index in [4.69, 9.17) is 4.74 Å². The van der Waals surface area contributed by atoms with Crippen LogP contribution in [-0.4, -0.2) is 34.6 Å². The molecule has 1 aromatic rings. The highest BCUT2D eigenvalue weighted by Crippen LogP contribution is 2.10. The summed E-state index contributed by atoms with van der Waals surface area (Å²) in [5.74, 6) is 0.975. The van der Waals surface area contributed by atoms with E-state index in [1.165, 1.54) is 6.33 Å². The molecule has 0 aliphatic rings. The smallest absolute Gasteiger partial charge is 0.239 e. The fraction of sp³-hybridized carbons (Fsp3) is 0.583. The lowest BCUT2D eigenvalue weighted by Crippen LogP contribution is -2.43. The molecule has 0 saturated heterocycles. The molecule has 0 aliphatic heterocycles. The van der Waals surface area contributed by atoms with Gasteiger partial charge in [-0.1, -0.05) is 0 Å². The van der Waals surface area contributed by atoms with Crippen molar-refractivity contribution in [2.45, 2.75) is 33.2 Å². The zero-order chi connectivity index (χ0) is 13.6. The van der Waals surface area contributed by atoms with Crippen LogP contribution in [0.15, 0.2) is 12.4 Å². The molecule has 1 rings (SSSR count). The van der Waals surface area contributed by atoms with Crippen molar-refractivity contribution in [3.63, 3.8) is 0 Å². The number of hydrogen-bond acceptors (Lipinski definition) is 5. The molecule has 0 unspecified atom stereocenters. The van der Waals surface area contributed by atoms with Gasteiger partial charge in [-0.25, -0.2) is 9.97 Å². The van der Waals surface area contributed by atoms with Crippen LogP contribution in [0.4, 0.5) is 5.82 Å². The van der Waals surface area contributed by atoms with Gasteiger partial charge in [0.1, 0.15) is 12.1 Å². The molecule has 0 spiro atoms. The third-order valence-electron chi connectivity index (χ3n) is 1.88. The van der Waals surface area contributed by atoms with Crippen molar-refractivity contribution in [3.8, 4) is 5.88 Å². The van der Waals surface area contributed by atoms with Crippen LogP contribution in [0.1, 0.15) is 27.7 Å². The van der Waals surface area contributed by atoms with Gasteiger partial charge in [-0.15, -0.1) is 0 Å². The second-order valence-corrected chi connectivity index (χ2v) is 4.83. The summed E-state index contributed by atoms with van der Waals surface area (Å²) in [7, 11) is 0. The predicted octanol–water partition coefficient (Wildman–Crippen LogP) is 1.20. The molecule has 18 heavy (non-hydrogen) atoms. The van der Waals surface area contributed by atoms with E-state index in [0.717, 1.165) is 0 Å². The molecule has 0 aromatic carbocycles. The van der Waals surface area contributed by atoms with Gasteiger partial charge in [0.15, 0.2) is 0 Å². The van der Waals surface area contributed by atoms with Crippen molar-refractivity contribution in [3.05, 3.63) is 12.4 Å². The minimum atomic E-state index is -0.235. The standard InChI is InChI=1S/C12H20N4O2/c1-5-18-11-6-9(14-8-15-11)13-7-10(17)16-12(2,3)4/h6,8H,5,7H2,1-4H3,(H,16,17)(H,13,14,15). The average Bonchev–Trinajstić information content (AvgIpc) is 2.25. The van der Waals surface area contributed by atoms with Crippen molar-refractivity contribution in [2.75, 3.05) is 18.5 Å². The summed E-state index contributed by atoms with van der Waals surface area (Å²) >= 11 is 0. The molecule has 6 nitrogen and oxygen atoms in total. The van der Waals surface area contributed by atoms with Crippen LogP contribution in [0, 0.1) is 0 Å². The number of carbonyl (C=O) groups excluding carboxylic acids is 1. The zero-order valence-electron chi connectivity index (χ0n) is 11.3. The van der Waals surface area contributed by atoms with Crippen LogP contribution in [0.25, 0.3) is 0 Å². The highest BCUT2D eigenvalue weighted by Gasteiger charge is 2.13. The maximum atomic E-state index is 11.6. The monoisotopic (exact) mass is 252 g/mol. The van der Waals surface area contributed by atoms with E-state index in [1.807, 2.05) is 27.7 Å². The Morgan fingerprint density at radius 3 is 2.72 bits per heavy atom. The molecule has 0 fully saturated rings. The number of carbonyl (C=O) groups is 1. The van der Waals surface area contributed by atoms with Gasteiger partial charge in [-0.05, 0) is 27.7 Å². The van der Waals surface area contributed by atoms with E-state index >= 15 is 0 Å². The number of anilines is 1. The first-order valence-electron chi connectivity index (χ1n) is 5.90. The molecule has 100 valence electrons. The first-order valence-corrected chi connectivity index (χ1v) is 5.90. The number of amides is 1. The van der Waals surface area contributed by atoms with E-state index < -0.39 is 0 Å². The molecule has 2 N–H and O–H groups in total. The quantitative estimate of drug-likeness (QED) is 0.823. The summed E-state index contributed by atoms with van der Waals surface area (Å²) in [5, 5.41) is 5.78. The topological polar surface area (TPSA) is 76.1 Å². The van der Waals surface area contributed by atoms with Gasteiger partial charge in [0.25, 0.3) is 0 Å². The molecule has 0 radical (unpaired) electrons. The summed E-state index contributed by atoms with van der Waals surface area (Å²) in [4.78, 5) is 19.5. The third-order valence-corrected chi connectivity index (χ3v) is 1.88. The SMILES string of the molecule is CCOc1cc(NCC(=O)NC(C)(C)C)ncn1. The Morgan fingerprint density at radius 1 is 1.39 bits per heavy atom. The molecule has 1 heterocycles. The molecule has 0 bridgehead atoms. The Balaban J connectivity index is 2.48. The summed E-state index contributed by atoms with van der Waals surface area (Å²) in [6.45, 7) is 8.39. The number of nitrogens with zero attached hydrogens (tertiary/aromatic N) is 2. The van der Waals surface area contributed by atoms with Gasteiger partial charge in [0, 0.05) is 11.6 Å². The van der Waals surface area contributed by atoms with Gasteiger partial charge >= 0.3 is 0 Å². The van der Waals surface area contributed by atoms with E-state index in [2.05, 4.69) is 20.6 Å². The first-order chi connectivity index (χ1) is 8.40. The van der Waals surface area contributed by atoms with Crippen LogP contribution in [0.5, 0.6) is 5.88 Å². The Kier molecular flexibility index (Phi) is 4.88. The first kappa shape index (κ1) is 14.2. The molecular formula is C12H20N4O2. The van der Waals surface area contributed by atoms with Crippen molar-refractivity contribution in [1.82, 2.24) is 15.3 Å². The van der Waals surface area contributed by atoms with Crippen LogP contribution < -0.4 is 15.4 Å². The zero-order valence-corrected chi connectivity index (χ0v) is 11.3. The van der Waals surface area contributed by atoms with Gasteiger partial charge in [-0.2, -0.15) is 0 Å². The van der Waals surface area contributed by atoms with E-state index in [9.17, 15) is 4.79 Å². The lowest BCUT2D eigenvalue weighted by Gasteiger charge is -2.20. The van der Waals surface area contributed by atoms with Crippen molar-refractivity contribution >= 4 is 11.7 Å². The van der Waals surface area contributed by atoms with Crippen molar-refractivity contribution < 1.29 is 9.53 Å². The molecule has 1 amide bonds. The minimum Gasteiger partial charge on any atom is -0.478 e. The maximum absolute atomic E-state index is 11.6. The normalized spacial score (nSPS) is 10.9. The molecule has 0 aliphatic carbocycles. The minimum absolute atomic E-state index is 0.0842. The molecular weight excluding hydrogens is 232 g/mol. The fourth-order valence-electron chi connectivity index (χ4n) is 1.30. The molecule has 0 atom stereocenters. The Bertz CT molecular complexity index is 401. The van der Waals surface area contributed by atoms with Crippen LogP contribution in [0.2, 0.25) is 0 Å². The Morgan fingerprint density at radius 2 is 2.11 bits per heavy atom. The number of hydrogen-bond donors (Lipinski definition) is 2. The number of aromatic nitrogens is 2. The maximum Gasteiger partial charge on any atom is 0.239 e. The van der Waals surface area contributed by atoms with E-state index in [1.54, 1.807) is 6.07 Å². The highest BCUT2D eigenvalue weighted by atomic mass is 16.5. The predicted molar refractivity (Wildman–Crippen MR) is 69.6 cm³/mol. The summed E-state index contributed by atoms with van der Waals surface area (Å²) in [6.07, 6.45) is 1.40. The van der Waals surface area contributed by atoms with Gasteiger partial charge in [-0.3, -0.25) is 4.79 Å². The summed E-state index contributed by atoms with van der Waals surface area (Å²) < 4.78 is 5.24. The Hall–Kier alpha value is -1.85. The number of rotatable bonds is 5. The van der Waals surface area contributed by atoms with Gasteiger partial charge < -0.3 is 15.4 Å². The van der Waals surface area contributed by atoms with Gasteiger partial charge in [0.05, 0.1) is 13.2 Å². The van der Waals surface area contributed by atoms with Crippen LogP contribution >= 0.6 is 0 Å². The summed E-state index contributed by atoms with van der Waals surface area (Å²) in [5.41, 5.74) is -0.235. The third kappa shape index (κ3) is 5.47. The number of nitrogens with one attached hydrogen (secondary N) is 2. The highest BCUT2D eigenvalue weighted by molar-refractivity contribution is 5.81.